The van der Waals surface area contributed by atoms with Crippen molar-refractivity contribution in [2.24, 2.45) is 5.92 Å². The number of benzene rings is 2. The van der Waals surface area contributed by atoms with E-state index >= 15 is 0 Å². The fourth-order valence-corrected chi connectivity index (χ4v) is 3.28. The van der Waals surface area contributed by atoms with Gasteiger partial charge in [-0.25, -0.2) is 0 Å². The van der Waals surface area contributed by atoms with E-state index in [2.05, 4.69) is 29.4 Å². The minimum atomic E-state index is -0.0254. The first-order valence-corrected chi connectivity index (χ1v) is 9.99. The van der Waals surface area contributed by atoms with Gasteiger partial charge in [-0.2, -0.15) is 0 Å². The minimum absolute atomic E-state index is 0.0254. The highest BCUT2D eigenvalue weighted by atomic mass is 32.2. The molecule has 138 valence electrons. The van der Waals surface area contributed by atoms with Gasteiger partial charge in [-0.15, -0.1) is 10.2 Å². The third-order valence-electron chi connectivity index (χ3n) is 3.96. The number of amides is 1. The number of nitrogens with one attached hydrogen (secondary N) is 1. The number of nitrogens with zero attached hydrogens (tertiary/aromatic N) is 2. The fraction of sp³-hybridized carbons (Fsp3) is 0.227. The second-order valence-electron chi connectivity index (χ2n) is 6.72. The van der Waals surface area contributed by atoms with Gasteiger partial charge >= 0.3 is 0 Å². The van der Waals surface area contributed by atoms with E-state index in [-0.39, 0.29) is 5.91 Å². The SMILES string of the molecule is CC(C)CNC(=O)c1cccc(CSc2ccc(-c3ccccc3)nn2)c1. The van der Waals surface area contributed by atoms with E-state index in [1.54, 1.807) is 11.8 Å². The van der Waals surface area contributed by atoms with Crippen LogP contribution in [0.25, 0.3) is 11.3 Å². The smallest absolute Gasteiger partial charge is 0.251 e. The molecule has 1 amide bonds. The predicted molar refractivity (Wildman–Crippen MR) is 111 cm³/mol. The van der Waals surface area contributed by atoms with Crippen LogP contribution in [0.2, 0.25) is 0 Å². The quantitative estimate of drug-likeness (QED) is 0.600. The molecular weight excluding hydrogens is 354 g/mol. The van der Waals surface area contributed by atoms with Crippen LogP contribution >= 0.6 is 11.8 Å². The first-order chi connectivity index (χ1) is 13.1. The Morgan fingerprint density at radius 3 is 2.52 bits per heavy atom. The molecule has 0 aliphatic heterocycles. The Morgan fingerprint density at radius 1 is 1.00 bits per heavy atom. The van der Waals surface area contributed by atoms with Crippen LogP contribution in [0.4, 0.5) is 0 Å². The van der Waals surface area contributed by atoms with Gasteiger partial charge in [-0.05, 0) is 35.7 Å². The maximum atomic E-state index is 12.2. The van der Waals surface area contributed by atoms with Crippen molar-refractivity contribution in [2.75, 3.05) is 6.54 Å². The summed E-state index contributed by atoms with van der Waals surface area (Å²) in [5.41, 5.74) is 3.70. The Kier molecular flexibility index (Phi) is 6.60. The maximum absolute atomic E-state index is 12.2. The second-order valence-corrected chi connectivity index (χ2v) is 7.71. The highest BCUT2D eigenvalue weighted by Crippen LogP contribution is 2.23. The first kappa shape index (κ1) is 19.1. The van der Waals surface area contributed by atoms with Crippen molar-refractivity contribution < 1.29 is 4.79 Å². The van der Waals surface area contributed by atoms with E-state index in [9.17, 15) is 4.79 Å². The minimum Gasteiger partial charge on any atom is -0.352 e. The third-order valence-corrected chi connectivity index (χ3v) is 4.95. The average Bonchev–Trinajstić information content (AvgIpc) is 2.71. The number of thioether (sulfide) groups is 1. The van der Waals surface area contributed by atoms with E-state index < -0.39 is 0 Å². The van der Waals surface area contributed by atoms with E-state index in [0.29, 0.717) is 18.0 Å². The molecule has 5 heteroatoms. The molecule has 3 rings (SSSR count). The molecule has 0 saturated heterocycles. The average molecular weight is 378 g/mol. The third kappa shape index (κ3) is 5.66. The van der Waals surface area contributed by atoms with Crippen LogP contribution in [0.1, 0.15) is 29.8 Å². The monoisotopic (exact) mass is 377 g/mol. The molecule has 0 aliphatic rings. The Bertz CT molecular complexity index is 880. The summed E-state index contributed by atoms with van der Waals surface area (Å²) in [6.07, 6.45) is 0. The van der Waals surface area contributed by atoms with Gasteiger partial charge in [0.05, 0.1) is 5.69 Å². The largest absolute Gasteiger partial charge is 0.352 e. The van der Waals surface area contributed by atoms with Gasteiger partial charge in [0.15, 0.2) is 0 Å². The summed E-state index contributed by atoms with van der Waals surface area (Å²) in [5.74, 6) is 1.15. The molecule has 0 unspecified atom stereocenters. The number of hydrogen-bond donors (Lipinski definition) is 1. The van der Waals surface area contributed by atoms with Gasteiger partial charge in [0.25, 0.3) is 5.91 Å². The number of carbonyl (C=O) groups excluding carboxylic acids is 1. The normalized spacial score (nSPS) is 10.8. The van der Waals surface area contributed by atoms with Crippen LogP contribution in [-0.2, 0) is 5.75 Å². The Balaban J connectivity index is 1.60. The van der Waals surface area contributed by atoms with E-state index in [4.69, 9.17) is 0 Å². The molecule has 0 saturated carbocycles. The number of aromatic nitrogens is 2. The van der Waals surface area contributed by atoms with Crippen molar-refractivity contribution in [3.05, 3.63) is 77.9 Å². The molecule has 2 aromatic carbocycles. The van der Waals surface area contributed by atoms with E-state index in [1.165, 1.54) is 0 Å². The summed E-state index contributed by atoms with van der Waals surface area (Å²) in [7, 11) is 0. The molecule has 1 heterocycles. The predicted octanol–water partition coefficient (Wildman–Crippen LogP) is 4.82. The molecule has 1 N–H and O–H groups in total. The lowest BCUT2D eigenvalue weighted by Gasteiger charge is -2.09. The molecule has 4 nitrogen and oxygen atoms in total. The standard InChI is InChI=1S/C22H23N3OS/c1-16(2)14-23-22(26)19-10-6-7-17(13-19)15-27-21-12-11-20(24-25-21)18-8-4-3-5-9-18/h3-13,16H,14-15H2,1-2H3,(H,23,26). The molecule has 1 aromatic heterocycles. The Hall–Kier alpha value is -2.66. The fourth-order valence-electron chi connectivity index (χ4n) is 2.52. The Morgan fingerprint density at radius 2 is 1.81 bits per heavy atom. The van der Waals surface area contributed by atoms with Crippen molar-refractivity contribution in [3.8, 4) is 11.3 Å². The molecular formula is C22H23N3OS. The van der Waals surface area contributed by atoms with Crippen molar-refractivity contribution in [1.82, 2.24) is 15.5 Å². The summed E-state index contributed by atoms with van der Waals surface area (Å²) in [6.45, 7) is 4.84. The molecule has 0 radical (unpaired) electrons. The molecule has 0 fully saturated rings. The van der Waals surface area contributed by atoms with Crippen molar-refractivity contribution >= 4 is 17.7 Å². The summed E-state index contributed by atoms with van der Waals surface area (Å²) < 4.78 is 0. The molecule has 0 bridgehead atoms. The number of carbonyl (C=O) groups is 1. The van der Waals surface area contributed by atoms with Crippen LogP contribution in [0.5, 0.6) is 0 Å². The maximum Gasteiger partial charge on any atom is 0.251 e. The van der Waals surface area contributed by atoms with E-state index in [1.807, 2.05) is 66.7 Å². The highest BCUT2D eigenvalue weighted by molar-refractivity contribution is 7.98. The lowest BCUT2D eigenvalue weighted by atomic mass is 10.1. The summed E-state index contributed by atoms with van der Waals surface area (Å²) >= 11 is 1.61. The van der Waals surface area contributed by atoms with Gasteiger partial charge in [0.1, 0.15) is 5.03 Å². The van der Waals surface area contributed by atoms with Gasteiger partial charge < -0.3 is 5.32 Å². The first-order valence-electron chi connectivity index (χ1n) is 9.01. The van der Waals surface area contributed by atoms with Crippen LogP contribution in [-0.4, -0.2) is 22.6 Å². The van der Waals surface area contributed by atoms with Crippen LogP contribution in [0, 0.1) is 5.92 Å². The topological polar surface area (TPSA) is 54.9 Å². The molecule has 0 atom stereocenters. The summed E-state index contributed by atoms with van der Waals surface area (Å²) in [5, 5.41) is 12.4. The zero-order valence-corrected chi connectivity index (χ0v) is 16.4. The van der Waals surface area contributed by atoms with Gasteiger partial charge in [-0.3, -0.25) is 4.79 Å². The van der Waals surface area contributed by atoms with Crippen LogP contribution < -0.4 is 5.32 Å². The molecule has 27 heavy (non-hydrogen) atoms. The van der Waals surface area contributed by atoms with Gasteiger partial charge in [-0.1, -0.05) is 68.1 Å². The zero-order valence-electron chi connectivity index (χ0n) is 15.6. The lowest BCUT2D eigenvalue weighted by Crippen LogP contribution is -2.27. The highest BCUT2D eigenvalue weighted by Gasteiger charge is 2.07. The zero-order chi connectivity index (χ0) is 19.1. The number of rotatable bonds is 7. The van der Waals surface area contributed by atoms with Crippen LogP contribution in [0.3, 0.4) is 0 Å². The summed E-state index contributed by atoms with van der Waals surface area (Å²) in [4.78, 5) is 12.2. The lowest BCUT2D eigenvalue weighted by molar-refractivity contribution is 0.0949. The Labute approximate surface area is 164 Å². The molecule has 0 spiro atoms. The van der Waals surface area contributed by atoms with E-state index in [0.717, 1.165) is 27.6 Å². The van der Waals surface area contributed by atoms with Crippen LogP contribution in [0.15, 0.2) is 71.8 Å². The molecule has 3 aromatic rings. The molecule has 0 aliphatic carbocycles. The van der Waals surface area contributed by atoms with Crippen molar-refractivity contribution in [1.29, 1.82) is 0 Å². The van der Waals surface area contributed by atoms with Gasteiger partial charge in [0, 0.05) is 23.4 Å². The van der Waals surface area contributed by atoms with Crippen molar-refractivity contribution in [3.63, 3.8) is 0 Å². The van der Waals surface area contributed by atoms with Gasteiger partial charge in [0.2, 0.25) is 0 Å². The van der Waals surface area contributed by atoms with Crippen molar-refractivity contribution in [2.45, 2.75) is 24.6 Å². The summed E-state index contributed by atoms with van der Waals surface area (Å²) in [6, 6.07) is 21.7. The number of hydrogen-bond acceptors (Lipinski definition) is 4. The second kappa shape index (κ2) is 9.33.